The van der Waals surface area contributed by atoms with Gasteiger partial charge in [0.15, 0.2) is 17.8 Å². The Morgan fingerprint density at radius 2 is 2.00 bits per heavy atom. The van der Waals surface area contributed by atoms with E-state index in [0.717, 1.165) is 5.56 Å². The molecule has 0 saturated carbocycles. The van der Waals surface area contributed by atoms with Crippen molar-refractivity contribution >= 4 is 6.21 Å². The summed E-state index contributed by atoms with van der Waals surface area (Å²) in [6.07, 6.45) is 1.33. The Morgan fingerprint density at radius 3 is 2.59 bits per heavy atom. The van der Waals surface area contributed by atoms with E-state index in [9.17, 15) is 5.11 Å². The molecule has 0 atom stereocenters. The van der Waals surface area contributed by atoms with Gasteiger partial charge in [-0.05, 0) is 23.8 Å². The lowest BCUT2D eigenvalue weighted by Gasteiger charge is -2.09. The topological polar surface area (TPSA) is 60.3 Å². The van der Waals surface area contributed by atoms with Gasteiger partial charge < -0.3 is 19.3 Å². The molecule has 0 aliphatic carbocycles. The zero-order valence-corrected chi connectivity index (χ0v) is 10.2. The van der Waals surface area contributed by atoms with Gasteiger partial charge >= 0.3 is 0 Å². The summed E-state index contributed by atoms with van der Waals surface area (Å²) in [5.74, 6) is 0.528. The van der Waals surface area contributed by atoms with E-state index in [1.165, 1.54) is 7.11 Å². The predicted octanol–water partition coefficient (Wildman–Crippen LogP) is 1.44. The lowest BCUT2D eigenvalue weighted by molar-refractivity contribution is -0.0936. The van der Waals surface area contributed by atoms with Gasteiger partial charge in [-0.2, -0.15) is 0 Å². The molecule has 17 heavy (non-hydrogen) atoms. The van der Waals surface area contributed by atoms with Gasteiger partial charge in [0.25, 0.3) is 0 Å². The molecule has 1 rings (SSSR count). The minimum atomic E-state index is -0.342. The number of methoxy groups -OCH3 is 3. The highest BCUT2D eigenvalue weighted by Gasteiger charge is 2.03. The molecular formula is C12H17NO4. The summed E-state index contributed by atoms with van der Waals surface area (Å²) in [7, 11) is 4.63. The molecular weight excluding hydrogens is 222 g/mol. The fourth-order valence-electron chi connectivity index (χ4n) is 1.26. The number of phenols is 1. The highest BCUT2D eigenvalue weighted by molar-refractivity contribution is 5.80. The van der Waals surface area contributed by atoms with Gasteiger partial charge in [0.2, 0.25) is 0 Å². The third kappa shape index (κ3) is 4.05. The average molecular weight is 239 g/mol. The maximum atomic E-state index is 9.42. The summed E-state index contributed by atoms with van der Waals surface area (Å²) in [4.78, 5) is 4.18. The van der Waals surface area contributed by atoms with Crippen molar-refractivity contribution in [3.05, 3.63) is 23.8 Å². The summed E-state index contributed by atoms with van der Waals surface area (Å²) in [6, 6.07) is 5.01. The van der Waals surface area contributed by atoms with Crippen molar-refractivity contribution in [1.82, 2.24) is 0 Å². The summed E-state index contributed by atoms with van der Waals surface area (Å²) in [5, 5.41) is 9.42. The van der Waals surface area contributed by atoms with Crippen molar-refractivity contribution in [3.8, 4) is 11.5 Å². The molecule has 5 heteroatoms. The third-order valence-electron chi connectivity index (χ3n) is 2.22. The Balaban J connectivity index is 2.65. The van der Waals surface area contributed by atoms with Crippen molar-refractivity contribution in [2.45, 2.75) is 6.29 Å². The van der Waals surface area contributed by atoms with Crippen LogP contribution in [0.2, 0.25) is 0 Å². The highest BCUT2D eigenvalue weighted by atomic mass is 16.7. The van der Waals surface area contributed by atoms with Crippen LogP contribution in [0.25, 0.3) is 0 Å². The molecule has 0 heterocycles. The van der Waals surface area contributed by atoms with E-state index >= 15 is 0 Å². The second-order valence-corrected chi connectivity index (χ2v) is 3.33. The number of aromatic hydroxyl groups is 1. The molecule has 94 valence electrons. The number of nitrogens with zero attached hydrogens (tertiary/aromatic N) is 1. The van der Waals surface area contributed by atoms with E-state index in [2.05, 4.69) is 4.99 Å². The van der Waals surface area contributed by atoms with E-state index in [-0.39, 0.29) is 12.0 Å². The van der Waals surface area contributed by atoms with Crippen LogP contribution in [-0.2, 0) is 9.47 Å². The zero-order valence-electron chi connectivity index (χ0n) is 10.2. The fraction of sp³-hybridized carbons (Fsp3) is 0.417. The first-order valence-electron chi connectivity index (χ1n) is 5.13. The van der Waals surface area contributed by atoms with E-state index in [1.54, 1.807) is 38.6 Å². The van der Waals surface area contributed by atoms with Crippen molar-refractivity contribution in [3.63, 3.8) is 0 Å². The molecule has 0 aliphatic heterocycles. The first-order chi connectivity index (χ1) is 8.21. The molecule has 0 unspecified atom stereocenters. The highest BCUT2D eigenvalue weighted by Crippen LogP contribution is 2.25. The zero-order chi connectivity index (χ0) is 12.7. The summed E-state index contributed by atoms with van der Waals surface area (Å²) >= 11 is 0. The Bertz CT molecular complexity index is 375. The van der Waals surface area contributed by atoms with E-state index in [4.69, 9.17) is 14.2 Å². The maximum absolute atomic E-state index is 9.42. The molecule has 0 aromatic heterocycles. The molecule has 0 spiro atoms. The molecule has 1 aromatic rings. The molecule has 1 N–H and O–H groups in total. The van der Waals surface area contributed by atoms with Crippen LogP contribution in [0.15, 0.2) is 23.2 Å². The molecule has 0 aliphatic rings. The van der Waals surface area contributed by atoms with Gasteiger partial charge in [-0.3, -0.25) is 4.99 Å². The molecule has 0 bridgehead atoms. The van der Waals surface area contributed by atoms with Crippen LogP contribution in [0, 0.1) is 0 Å². The van der Waals surface area contributed by atoms with Crippen LogP contribution in [0.3, 0.4) is 0 Å². The van der Waals surface area contributed by atoms with E-state index in [1.807, 2.05) is 0 Å². The quantitative estimate of drug-likeness (QED) is 0.602. The number of ether oxygens (including phenoxy) is 3. The van der Waals surface area contributed by atoms with Gasteiger partial charge in [-0.15, -0.1) is 0 Å². The normalized spacial score (nSPS) is 11.3. The Morgan fingerprint density at radius 1 is 1.29 bits per heavy atom. The van der Waals surface area contributed by atoms with E-state index in [0.29, 0.717) is 12.3 Å². The maximum Gasteiger partial charge on any atom is 0.176 e. The molecule has 5 nitrogen and oxygen atoms in total. The van der Waals surface area contributed by atoms with Crippen molar-refractivity contribution in [2.24, 2.45) is 4.99 Å². The Labute approximate surface area is 101 Å². The van der Waals surface area contributed by atoms with Crippen LogP contribution < -0.4 is 4.74 Å². The number of rotatable bonds is 6. The van der Waals surface area contributed by atoms with Crippen molar-refractivity contribution in [1.29, 1.82) is 0 Å². The lowest BCUT2D eigenvalue weighted by atomic mass is 10.2. The smallest absolute Gasteiger partial charge is 0.176 e. The van der Waals surface area contributed by atoms with Crippen LogP contribution in [0.4, 0.5) is 0 Å². The SMILES string of the molecule is COc1cc(C=NCC(OC)OC)ccc1O. The molecule has 0 fully saturated rings. The minimum Gasteiger partial charge on any atom is -0.504 e. The second-order valence-electron chi connectivity index (χ2n) is 3.33. The largest absolute Gasteiger partial charge is 0.504 e. The molecule has 0 saturated heterocycles. The van der Waals surface area contributed by atoms with Crippen LogP contribution in [0.5, 0.6) is 11.5 Å². The van der Waals surface area contributed by atoms with Crippen LogP contribution >= 0.6 is 0 Å². The molecule has 0 amide bonds. The Hall–Kier alpha value is -1.59. The second kappa shape index (κ2) is 6.88. The average Bonchev–Trinajstić information content (AvgIpc) is 2.36. The summed E-state index contributed by atoms with van der Waals surface area (Å²) in [6.45, 7) is 0.413. The van der Waals surface area contributed by atoms with Crippen LogP contribution in [-0.4, -0.2) is 45.5 Å². The summed E-state index contributed by atoms with van der Waals surface area (Å²) in [5.41, 5.74) is 0.839. The minimum absolute atomic E-state index is 0.108. The molecule has 0 radical (unpaired) electrons. The Kier molecular flexibility index (Phi) is 5.45. The van der Waals surface area contributed by atoms with Crippen molar-refractivity contribution in [2.75, 3.05) is 27.9 Å². The third-order valence-corrected chi connectivity index (χ3v) is 2.22. The number of hydrogen-bond acceptors (Lipinski definition) is 5. The van der Waals surface area contributed by atoms with Gasteiger partial charge in [0.1, 0.15) is 0 Å². The first-order valence-corrected chi connectivity index (χ1v) is 5.13. The fourth-order valence-corrected chi connectivity index (χ4v) is 1.26. The monoisotopic (exact) mass is 239 g/mol. The lowest BCUT2D eigenvalue weighted by Crippen LogP contribution is -2.16. The number of hydrogen-bond donors (Lipinski definition) is 1. The molecule has 1 aromatic carbocycles. The standard InChI is InChI=1S/C12H17NO4/c1-15-11-6-9(4-5-10(11)14)7-13-8-12(16-2)17-3/h4-7,12,14H,8H2,1-3H3. The number of phenolic OH excluding ortho intramolecular Hbond substituents is 1. The van der Waals surface area contributed by atoms with Gasteiger partial charge in [0.05, 0.1) is 13.7 Å². The van der Waals surface area contributed by atoms with Crippen LogP contribution in [0.1, 0.15) is 5.56 Å². The predicted molar refractivity (Wildman–Crippen MR) is 64.9 cm³/mol. The first kappa shape index (κ1) is 13.5. The van der Waals surface area contributed by atoms with Crippen molar-refractivity contribution < 1.29 is 19.3 Å². The summed E-state index contributed by atoms with van der Waals surface area (Å²) < 4.78 is 15.0. The van der Waals surface area contributed by atoms with E-state index < -0.39 is 0 Å². The van der Waals surface area contributed by atoms with Gasteiger partial charge in [-0.1, -0.05) is 0 Å². The number of benzene rings is 1. The van der Waals surface area contributed by atoms with Gasteiger partial charge in [0, 0.05) is 20.4 Å². The number of aliphatic imine (C=N–C) groups is 1. The van der Waals surface area contributed by atoms with Gasteiger partial charge in [-0.25, -0.2) is 0 Å².